The van der Waals surface area contributed by atoms with E-state index in [1.807, 2.05) is 24.1 Å². The minimum Gasteiger partial charge on any atom is -0.490 e. The van der Waals surface area contributed by atoms with Crippen molar-refractivity contribution in [3.63, 3.8) is 0 Å². The first-order chi connectivity index (χ1) is 8.18. The zero-order chi connectivity index (χ0) is 12.0. The van der Waals surface area contributed by atoms with Crippen molar-refractivity contribution >= 4 is 22.6 Å². The van der Waals surface area contributed by atoms with Crippen molar-refractivity contribution in [2.45, 2.75) is 0 Å². The largest absolute Gasteiger partial charge is 0.490 e. The van der Waals surface area contributed by atoms with Gasteiger partial charge in [0, 0.05) is 18.6 Å². The van der Waals surface area contributed by atoms with E-state index in [2.05, 4.69) is 4.98 Å². The minimum absolute atomic E-state index is 0.282. The number of benzene rings is 1. The Kier molecular flexibility index (Phi) is 2.01. The fourth-order valence-electron chi connectivity index (χ4n) is 2.27. The van der Waals surface area contributed by atoms with Crippen molar-refractivity contribution < 1.29 is 14.6 Å². The lowest BCUT2D eigenvalue weighted by Gasteiger charge is -2.29. The summed E-state index contributed by atoms with van der Waals surface area (Å²) in [7, 11) is 1.88. The van der Waals surface area contributed by atoms with E-state index in [0.717, 1.165) is 5.39 Å². The summed E-state index contributed by atoms with van der Waals surface area (Å²) in [6, 6.07) is 3.73. The third kappa shape index (κ3) is 1.35. The van der Waals surface area contributed by atoms with Crippen molar-refractivity contribution in [3.8, 4) is 5.75 Å². The van der Waals surface area contributed by atoms with E-state index in [0.29, 0.717) is 30.1 Å². The molecule has 0 saturated heterocycles. The van der Waals surface area contributed by atoms with Crippen LogP contribution in [-0.4, -0.2) is 36.3 Å². The number of carboxylic acid groups (broad SMARTS) is 1. The van der Waals surface area contributed by atoms with Crippen LogP contribution < -0.4 is 9.64 Å². The fraction of sp³-hybridized carbons (Fsp3) is 0.250. The van der Waals surface area contributed by atoms with Crippen LogP contribution in [0.1, 0.15) is 10.4 Å². The van der Waals surface area contributed by atoms with Gasteiger partial charge >= 0.3 is 5.97 Å². The van der Waals surface area contributed by atoms with Gasteiger partial charge in [0.15, 0.2) is 0 Å². The highest BCUT2D eigenvalue weighted by Crippen LogP contribution is 2.39. The van der Waals surface area contributed by atoms with E-state index in [4.69, 9.17) is 4.74 Å². The Hall–Kier alpha value is -2.17. The monoisotopic (exact) mass is 232 g/mol. The van der Waals surface area contributed by atoms with Gasteiger partial charge in [-0.1, -0.05) is 0 Å². The van der Waals surface area contributed by atoms with Crippen LogP contribution in [0.5, 0.6) is 5.75 Å². The zero-order valence-corrected chi connectivity index (χ0v) is 9.36. The van der Waals surface area contributed by atoms with Crippen molar-refractivity contribution in [2.75, 3.05) is 25.1 Å². The number of aromatic amines is 1. The number of anilines is 1. The molecule has 1 aromatic heterocycles. The van der Waals surface area contributed by atoms with Crippen molar-refractivity contribution in [1.82, 2.24) is 4.98 Å². The second-order valence-electron chi connectivity index (χ2n) is 4.12. The molecular formula is C12H12N2O3. The summed E-state index contributed by atoms with van der Waals surface area (Å²) < 4.78 is 5.54. The molecule has 2 aromatic rings. The number of nitrogens with zero attached hydrogens (tertiary/aromatic N) is 1. The molecule has 0 bridgehead atoms. The van der Waals surface area contributed by atoms with Gasteiger partial charge in [0.05, 0.1) is 17.7 Å². The highest BCUT2D eigenvalue weighted by atomic mass is 16.5. The Balaban J connectivity index is 2.41. The van der Waals surface area contributed by atoms with Gasteiger partial charge in [0.25, 0.3) is 0 Å². The second kappa shape index (κ2) is 3.41. The van der Waals surface area contributed by atoms with Crippen LogP contribution in [0.4, 0.5) is 5.69 Å². The first-order valence-corrected chi connectivity index (χ1v) is 5.40. The zero-order valence-electron chi connectivity index (χ0n) is 9.36. The number of likely N-dealkylation sites (N-methyl/N-ethyl adjacent to an activating group) is 1. The quantitative estimate of drug-likeness (QED) is 0.785. The summed E-state index contributed by atoms with van der Waals surface area (Å²) >= 11 is 0. The maximum Gasteiger partial charge on any atom is 0.340 e. The number of H-pyrrole nitrogens is 1. The normalized spacial score (nSPS) is 14.5. The SMILES string of the molecule is CN1CCOc2cc3cc[nH]c3c(C(=O)O)c21. The third-order valence-electron chi connectivity index (χ3n) is 3.07. The standard InChI is InChI=1S/C12H12N2O3/c1-14-4-5-17-8-6-7-2-3-13-10(7)9(11(8)14)12(15)16/h2-3,6,13H,4-5H2,1H3,(H,15,16). The number of hydrogen-bond acceptors (Lipinski definition) is 3. The molecule has 0 unspecified atom stereocenters. The molecule has 17 heavy (non-hydrogen) atoms. The first-order valence-electron chi connectivity index (χ1n) is 5.40. The lowest BCUT2D eigenvalue weighted by Crippen LogP contribution is -2.30. The van der Waals surface area contributed by atoms with Gasteiger partial charge in [-0.2, -0.15) is 0 Å². The van der Waals surface area contributed by atoms with Gasteiger partial charge in [-0.05, 0) is 12.1 Å². The summed E-state index contributed by atoms with van der Waals surface area (Å²) in [5.41, 5.74) is 1.58. The number of ether oxygens (including phenoxy) is 1. The summed E-state index contributed by atoms with van der Waals surface area (Å²) in [6.45, 7) is 1.28. The smallest absolute Gasteiger partial charge is 0.340 e. The van der Waals surface area contributed by atoms with Gasteiger partial charge in [0.1, 0.15) is 17.9 Å². The molecule has 0 atom stereocenters. The number of carbonyl (C=O) groups is 1. The van der Waals surface area contributed by atoms with Crippen LogP contribution in [0.2, 0.25) is 0 Å². The molecule has 0 spiro atoms. The highest BCUT2D eigenvalue weighted by molar-refractivity contribution is 6.09. The van der Waals surface area contributed by atoms with Gasteiger partial charge in [-0.25, -0.2) is 4.79 Å². The summed E-state index contributed by atoms with van der Waals surface area (Å²) in [5.74, 6) is -0.296. The van der Waals surface area contributed by atoms with Gasteiger partial charge < -0.3 is 19.7 Å². The predicted molar refractivity (Wildman–Crippen MR) is 64.0 cm³/mol. The average molecular weight is 232 g/mol. The topological polar surface area (TPSA) is 65.6 Å². The van der Waals surface area contributed by atoms with E-state index < -0.39 is 5.97 Å². The Labute approximate surface area is 97.6 Å². The summed E-state index contributed by atoms with van der Waals surface area (Å²) in [6.07, 6.45) is 1.74. The maximum absolute atomic E-state index is 11.4. The molecule has 1 aliphatic rings. The number of fused-ring (bicyclic) bond motifs is 2. The predicted octanol–water partition coefficient (Wildman–Crippen LogP) is 1.69. The molecule has 88 valence electrons. The van der Waals surface area contributed by atoms with Gasteiger partial charge in [-0.15, -0.1) is 0 Å². The Morgan fingerprint density at radius 3 is 3.18 bits per heavy atom. The van der Waals surface area contributed by atoms with Crippen LogP contribution >= 0.6 is 0 Å². The Morgan fingerprint density at radius 1 is 1.59 bits per heavy atom. The van der Waals surface area contributed by atoms with E-state index in [-0.39, 0.29) is 5.56 Å². The molecule has 2 heterocycles. The second-order valence-corrected chi connectivity index (χ2v) is 4.12. The molecule has 0 amide bonds. The number of rotatable bonds is 1. The number of hydrogen-bond donors (Lipinski definition) is 2. The Morgan fingerprint density at radius 2 is 2.41 bits per heavy atom. The summed E-state index contributed by atoms with van der Waals surface area (Å²) in [4.78, 5) is 16.3. The van der Waals surface area contributed by atoms with E-state index in [1.165, 1.54) is 0 Å². The van der Waals surface area contributed by atoms with E-state index in [1.54, 1.807) is 6.20 Å². The molecule has 0 aliphatic carbocycles. The van der Waals surface area contributed by atoms with Crippen LogP contribution in [0.25, 0.3) is 10.9 Å². The number of nitrogens with one attached hydrogen (secondary N) is 1. The maximum atomic E-state index is 11.4. The molecule has 5 nitrogen and oxygen atoms in total. The van der Waals surface area contributed by atoms with Gasteiger partial charge in [0.2, 0.25) is 0 Å². The molecule has 2 N–H and O–H groups in total. The number of aromatic carboxylic acids is 1. The van der Waals surface area contributed by atoms with Crippen molar-refractivity contribution in [3.05, 3.63) is 23.9 Å². The molecule has 1 aromatic carbocycles. The third-order valence-corrected chi connectivity index (χ3v) is 3.07. The first kappa shape index (κ1) is 10.0. The molecule has 0 fully saturated rings. The molecular weight excluding hydrogens is 220 g/mol. The average Bonchev–Trinajstić information content (AvgIpc) is 2.73. The fourth-order valence-corrected chi connectivity index (χ4v) is 2.27. The van der Waals surface area contributed by atoms with E-state index >= 15 is 0 Å². The van der Waals surface area contributed by atoms with Crippen LogP contribution in [0, 0.1) is 0 Å². The van der Waals surface area contributed by atoms with Gasteiger partial charge in [-0.3, -0.25) is 0 Å². The number of carboxylic acids is 1. The van der Waals surface area contributed by atoms with Crippen LogP contribution in [0.15, 0.2) is 18.3 Å². The number of aromatic nitrogens is 1. The molecule has 3 rings (SSSR count). The highest BCUT2D eigenvalue weighted by Gasteiger charge is 2.25. The van der Waals surface area contributed by atoms with Crippen LogP contribution in [0.3, 0.4) is 0 Å². The molecule has 1 aliphatic heterocycles. The lowest BCUT2D eigenvalue weighted by atomic mass is 10.1. The Bertz CT molecular complexity index is 603. The summed E-state index contributed by atoms with van der Waals surface area (Å²) in [5, 5.41) is 10.2. The molecule has 0 saturated carbocycles. The molecule has 0 radical (unpaired) electrons. The van der Waals surface area contributed by atoms with Crippen molar-refractivity contribution in [1.29, 1.82) is 0 Å². The minimum atomic E-state index is -0.938. The van der Waals surface area contributed by atoms with E-state index in [9.17, 15) is 9.90 Å². The molecule has 5 heteroatoms. The lowest BCUT2D eigenvalue weighted by molar-refractivity contribution is 0.0698. The van der Waals surface area contributed by atoms with Crippen molar-refractivity contribution in [2.24, 2.45) is 0 Å². The van der Waals surface area contributed by atoms with Crippen LogP contribution in [-0.2, 0) is 0 Å².